The summed E-state index contributed by atoms with van der Waals surface area (Å²) in [7, 11) is 0. The molecule has 0 saturated heterocycles. The molecule has 2 aliphatic heterocycles. The Morgan fingerprint density at radius 3 is 2.49 bits per heavy atom. The molecule has 3 N–H and O–H groups in total. The molecule has 35 heavy (non-hydrogen) atoms. The van der Waals surface area contributed by atoms with Crippen molar-refractivity contribution in [3.05, 3.63) is 105 Å². The highest BCUT2D eigenvalue weighted by Crippen LogP contribution is 2.53. The van der Waals surface area contributed by atoms with Crippen molar-refractivity contribution in [1.82, 2.24) is 4.57 Å². The molecule has 2 aromatic carbocycles. The lowest BCUT2D eigenvalue weighted by molar-refractivity contribution is -0.114. The summed E-state index contributed by atoms with van der Waals surface area (Å²) in [6.45, 7) is 1.90. The quantitative estimate of drug-likeness (QED) is 0.396. The predicted octanol–water partition coefficient (Wildman–Crippen LogP) is 5.79. The van der Waals surface area contributed by atoms with Crippen LogP contribution in [0.1, 0.15) is 18.5 Å². The SMILES string of the molecule is CC1=C(C(=O)Nc2ccccc2)C2C(=C(SCC(=O)Nc3ccc(F)cc3)S1)C(=N)n1cccc12. The van der Waals surface area contributed by atoms with Crippen molar-refractivity contribution >= 4 is 52.5 Å². The topological polar surface area (TPSA) is 87.0 Å². The standard InChI is InChI=1S/C26H21FN4O2S2/c1-15-21(25(33)30-17-6-3-2-4-7-17)22-19-8-5-13-31(19)24(28)23(22)26(35-15)34-14-20(32)29-18-11-9-16(27)10-12-18/h2-13,22,28H,14H2,1H3,(H,29,32)(H,30,33). The van der Waals surface area contributed by atoms with Gasteiger partial charge in [-0.1, -0.05) is 30.0 Å². The summed E-state index contributed by atoms with van der Waals surface area (Å²) in [6.07, 6.45) is 1.82. The van der Waals surface area contributed by atoms with Crippen LogP contribution < -0.4 is 10.6 Å². The van der Waals surface area contributed by atoms with Gasteiger partial charge in [-0.15, -0.1) is 11.8 Å². The number of para-hydroxylation sites is 1. The van der Waals surface area contributed by atoms with Gasteiger partial charge in [0.15, 0.2) is 0 Å². The minimum absolute atomic E-state index is 0.122. The molecule has 1 atom stereocenters. The molecule has 0 bridgehead atoms. The molecule has 0 aliphatic carbocycles. The van der Waals surface area contributed by atoms with Gasteiger partial charge in [-0.25, -0.2) is 4.39 Å². The van der Waals surface area contributed by atoms with Crippen LogP contribution in [0.2, 0.25) is 0 Å². The smallest absolute Gasteiger partial charge is 0.253 e. The zero-order valence-corrected chi connectivity index (χ0v) is 20.3. The highest BCUT2D eigenvalue weighted by atomic mass is 32.2. The van der Waals surface area contributed by atoms with Gasteiger partial charge < -0.3 is 15.2 Å². The molecular weight excluding hydrogens is 483 g/mol. The first kappa shape index (κ1) is 23.2. The van der Waals surface area contributed by atoms with Crippen molar-refractivity contribution < 1.29 is 14.0 Å². The normalized spacial score (nSPS) is 16.7. The second kappa shape index (κ2) is 9.59. The van der Waals surface area contributed by atoms with E-state index in [0.717, 1.165) is 20.4 Å². The molecule has 1 unspecified atom stereocenters. The second-order valence-corrected chi connectivity index (χ2v) is 10.5. The molecule has 176 valence electrons. The van der Waals surface area contributed by atoms with Gasteiger partial charge in [-0.05, 0) is 60.4 Å². The highest BCUT2D eigenvalue weighted by molar-refractivity contribution is 8.24. The van der Waals surface area contributed by atoms with E-state index in [1.807, 2.05) is 55.6 Å². The maximum absolute atomic E-state index is 13.4. The van der Waals surface area contributed by atoms with Crippen LogP contribution in [0.25, 0.3) is 0 Å². The number of anilines is 2. The molecule has 0 fully saturated rings. The number of nitrogens with one attached hydrogen (secondary N) is 3. The first-order valence-corrected chi connectivity index (χ1v) is 12.7. The first-order chi connectivity index (χ1) is 16.9. The van der Waals surface area contributed by atoms with Crippen LogP contribution in [-0.4, -0.2) is 28.0 Å². The Bertz CT molecular complexity index is 1390. The molecule has 2 amide bonds. The number of thioether (sulfide) groups is 2. The summed E-state index contributed by atoms with van der Waals surface area (Å²) in [6, 6.07) is 18.7. The minimum Gasteiger partial charge on any atom is -0.325 e. The van der Waals surface area contributed by atoms with Crippen molar-refractivity contribution in [3.8, 4) is 0 Å². The first-order valence-electron chi connectivity index (χ1n) is 10.9. The van der Waals surface area contributed by atoms with E-state index in [-0.39, 0.29) is 29.3 Å². The minimum atomic E-state index is -0.384. The lowest BCUT2D eigenvalue weighted by Crippen LogP contribution is -2.23. The number of allylic oxidation sites excluding steroid dienone is 2. The number of aromatic nitrogens is 1. The molecular formula is C26H21FN4O2S2. The van der Waals surface area contributed by atoms with E-state index in [4.69, 9.17) is 5.41 Å². The van der Waals surface area contributed by atoms with E-state index in [2.05, 4.69) is 10.6 Å². The third-order valence-electron chi connectivity index (χ3n) is 5.73. The van der Waals surface area contributed by atoms with Crippen molar-refractivity contribution in [1.29, 1.82) is 5.41 Å². The summed E-state index contributed by atoms with van der Waals surface area (Å²) in [5, 5.41) is 14.5. The number of amides is 2. The maximum Gasteiger partial charge on any atom is 0.253 e. The van der Waals surface area contributed by atoms with Gasteiger partial charge >= 0.3 is 0 Å². The van der Waals surface area contributed by atoms with E-state index in [1.54, 1.807) is 4.57 Å². The fraction of sp³-hybridized carbons (Fsp3) is 0.115. The van der Waals surface area contributed by atoms with Crippen molar-refractivity contribution in [2.45, 2.75) is 12.8 Å². The molecule has 0 radical (unpaired) electrons. The number of fused-ring (bicyclic) bond motifs is 3. The molecule has 2 aliphatic rings. The Hall–Kier alpha value is -3.56. The number of carbonyl (C=O) groups excluding carboxylic acids is 2. The molecule has 3 heterocycles. The van der Waals surface area contributed by atoms with Crippen LogP contribution in [-0.2, 0) is 9.59 Å². The Kier molecular flexibility index (Phi) is 6.36. The van der Waals surface area contributed by atoms with Crippen LogP contribution in [0.5, 0.6) is 0 Å². The Morgan fingerprint density at radius 1 is 1.03 bits per heavy atom. The van der Waals surface area contributed by atoms with Crippen LogP contribution in [0.4, 0.5) is 15.8 Å². The number of benzene rings is 2. The molecule has 1 aromatic heterocycles. The molecule has 9 heteroatoms. The summed E-state index contributed by atoms with van der Waals surface area (Å²) in [4.78, 5) is 26.8. The van der Waals surface area contributed by atoms with E-state index < -0.39 is 0 Å². The van der Waals surface area contributed by atoms with E-state index in [9.17, 15) is 14.0 Å². The van der Waals surface area contributed by atoms with Gasteiger partial charge in [0.2, 0.25) is 5.91 Å². The molecule has 0 saturated carbocycles. The highest BCUT2D eigenvalue weighted by Gasteiger charge is 2.43. The number of halogens is 1. The van der Waals surface area contributed by atoms with Crippen molar-refractivity contribution in [2.24, 2.45) is 0 Å². The fourth-order valence-electron chi connectivity index (χ4n) is 4.19. The van der Waals surface area contributed by atoms with Gasteiger partial charge in [-0.2, -0.15) is 0 Å². The zero-order valence-electron chi connectivity index (χ0n) is 18.7. The Balaban J connectivity index is 1.40. The lowest BCUT2D eigenvalue weighted by Gasteiger charge is -2.26. The van der Waals surface area contributed by atoms with Gasteiger partial charge in [0.25, 0.3) is 5.91 Å². The van der Waals surface area contributed by atoms with Crippen LogP contribution >= 0.6 is 23.5 Å². The largest absolute Gasteiger partial charge is 0.325 e. The zero-order chi connectivity index (χ0) is 24.5. The number of nitrogens with zero attached hydrogens (tertiary/aromatic N) is 1. The monoisotopic (exact) mass is 504 g/mol. The van der Waals surface area contributed by atoms with E-state index in [0.29, 0.717) is 22.8 Å². The van der Waals surface area contributed by atoms with Crippen LogP contribution in [0.15, 0.2) is 93.2 Å². The van der Waals surface area contributed by atoms with Crippen LogP contribution in [0, 0.1) is 11.2 Å². The third kappa shape index (κ3) is 4.56. The summed E-state index contributed by atoms with van der Waals surface area (Å²) >= 11 is 2.76. The van der Waals surface area contributed by atoms with Crippen molar-refractivity contribution in [2.75, 3.05) is 16.4 Å². The molecule has 0 spiro atoms. The number of hydrogen-bond donors (Lipinski definition) is 3. The van der Waals surface area contributed by atoms with Crippen molar-refractivity contribution in [3.63, 3.8) is 0 Å². The van der Waals surface area contributed by atoms with Gasteiger partial charge in [0.05, 0.1) is 15.9 Å². The average Bonchev–Trinajstić information content (AvgIpc) is 3.43. The molecule has 5 rings (SSSR count). The Morgan fingerprint density at radius 2 is 1.74 bits per heavy atom. The number of rotatable bonds is 6. The number of carbonyl (C=O) groups is 2. The van der Waals surface area contributed by atoms with Gasteiger partial charge in [0, 0.05) is 34.4 Å². The summed E-state index contributed by atoms with van der Waals surface area (Å²) in [5.41, 5.74) is 3.42. The van der Waals surface area contributed by atoms with Crippen LogP contribution in [0.3, 0.4) is 0 Å². The average molecular weight is 505 g/mol. The third-order valence-corrected chi connectivity index (χ3v) is 8.16. The summed E-state index contributed by atoms with van der Waals surface area (Å²) < 4.78 is 15.7. The van der Waals surface area contributed by atoms with E-state index >= 15 is 0 Å². The molecule has 6 nitrogen and oxygen atoms in total. The second-order valence-electron chi connectivity index (χ2n) is 8.02. The van der Waals surface area contributed by atoms with E-state index in [1.165, 1.54) is 47.8 Å². The fourth-order valence-corrected chi connectivity index (χ4v) is 6.60. The molecule has 3 aromatic rings. The lowest BCUT2D eigenvalue weighted by atomic mass is 9.89. The summed E-state index contributed by atoms with van der Waals surface area (Å²) in [5.74, 6) is -0.759. The maximum atomic E-state index is 13.4. The van der Waals surface area contributed by atoms with Gasteiger partial charge in [0.1, 0.15) is 11.7 Å². The predicted molar refractivity (Wildman–Crippen MR) is 140 cm³/mol. The Labute approximate surface area is 210 Å². The number of hydrogen-bond acceptors (Lipinski definition) is 5. The van der Waals surface area contributed by atoms with Gasteiger partial charge in [-0.3, -0.25) is 15.0 Å².